The van der Waals surface area contributed by atoms with Gasteiger partial charge in [-0.05, 0) is 137 Å². The number of carbonyl (C=O) groups excluding carboxylic acids is 3. The average molecular weight is 1090 g/mol. The zero-order chi connectivity index (χ0) is 54.9. The number of imide groups is 1. The highest BCUT2D eigenvalue weighted by Crippen LogP contribution is 2.44. The number of imidazole rings is 1. The first kappa shape index (κ1) is 52.4. The van der Waals surface area contributed by atoms with Crippen LogP contribution in [0.15, 0.2) is 53.5 Å². The number of alkyl halides is 2. The number of anilines is 1. The van der Waals surface area contributed by atoms with Crippen molar-refractivity contribution in [3.05, 3.63) is 81.9 Å². The Morgan fingerprint density at radius 2 is 1.71 bits per heavy atom. The molecule has 0 aliphatic carbocycles. The van der Waals surface area contributed by atoms with E-state index >= 15 is 8.78 Å². The summed E-state index contributed by atoms with van der Waals surface area (Å²) in [6.07, 6.45) is 13.9. The Hall–Kier alpha value is -7.31. The smallest absolute Gasteiger partial charge is 0.409 e. The second kappa shape index (κ2) is 20.7. The van der Waals surface area contributed by atoms with E-state index < -0.39 is 41.6 Å². The van der Waals surface area contributed by atoms with E-state index in [1.54, 1.807) is 16.5 Å². The molecule has 414 valence electrons. The molecule has 3 atom stereocenters. The number of fused-ring (bicyclic) bond motifs is 4. The highest BCUT2D eigenvalue weighted by atomic mass is 19.3. The van der Waals surface area contributed by atoms with Crippen molar-refractivity contribution in [2.75, 3.05) is 70.5 Å². The number of nitrogens with zero attached hydrogens (tertiary/aromatic N) is 9. The van der Waals surface area contributed by atoms with Gasteiger partial charge in [0.1, 0.15) is 47.9 Å². The molecule has 0 saturated carbocycles. The summed E-state index contributed by atoms with van der Waals surface area (Å²) in [4.78, 5) is 73.0. The van der Waals surface area contributed by atoms with Crippen LogP contribution >= 0.6 is 0 Å². The number of piperidine rings is 4. The van der Waals surface area contributed by atoms with Crippen LogP contribution in [0.25, 0.3) is 44.0 Å². The number of rotatable bonds is 11. The van der Waals surface area contributed by atoms with Crippen LogP contribution < -0.4 is 20.6 Å². The fraction of sp³-hybridized carbons (Fsp3) is 0.500. The summed E-state index contributed by atoms with van der Waals surface area (Å²) in [5, 5.41) is 13.6. The molecule has 0 radical (unpaired) electrons. The van der Waals surface area contributed by atoms with Crippen molar-refractivity contribution in [1.29, 1.82) is 0 Å². The molecule has 6 aliphatic heterocycles. The lowest BCUT2D eigenvalue weighted by atomic mass is 9.88. The number of phenols is 1. The van der Waals surface area contributed by atoms with Gasteiger partial charge in [0, 0.05) is 69.3 Å². The lowest BCUT2D eigenvalue weighted by Gasteiger charge is -2.38. The van der Waals surface area contributed by atoms with Gasteiger partial charge in [0.15, 0.2) is 5.82 Å². The molecule has 9 heterocycles. The molecule has 12 rings (SSSR count). The molecular weight excluding hydrogens is 1020 g/mol. The summed E-state index contributed by atoms with van der Waals surface area (Å²) in [5.41, 5.74) is 1.24. The van der Waals surface area contributed by atoms with Crippen molar-refractivity contribution in [2.24, 2.45) is 13.0 Å². The molecular formula is C58H62F4N10O7. The third-order valence-corrected chi connectivity index (χ3v) is 17.8. The molecule has 21 heteroatoms. The summed E-state index contributed by atoms with van der Waals surface area (Å²) in [5.74, 6) is -2.53. The number of pyridine rings is 1. The van der Waals surface area contributed by atoms with Crippen LogP contribution in [-0.4, -0.2) is 145 Å². The van der Waals surface area contributed by atoms with Crippen LogP contribution in [0.1, 0.15) is 100 Å². The number of aromatic nitrogens is 5. The van der Waals surface area contributed by atoms with Gasteiger partial charge in [-0.1, -0.05) is 18.1 Å². The van der Waals surface area contributed by atoms with E-state index in [2.05, 4.69) is 48.1 Å². The number of aromatic hydroxyl groups is 1. The quantitative estimate of drug-likeness (QED) is 0.0731. The predicted molar refractivity (Wildman–Crippen MR) is 286 cm³/mol. The zero-order valence-electron chi connectivity index (χ0n) is 44.0. The molecule has 6 saturated heterocycles. The van der Waals surface area contributed by atoms with Gasteiger partial charge in [-0.2, -0.15) is 9.97 Å². The van der Waals surface area contributed by atoms with Crippen LogP contribution in [0.5, 0.6) is 11.8 Å². The van der Waals surface area contributed by atoms with Gasteiger partial charge < -0.3 is 29.3 Å². The maximum Gasteiger partial charge on any atom is 0.409 e. The van der Waals surface area contributed by atoms with Gasteiger partial charge in [0.2, 0.25) is 11.8 Å². The monoisotopic (exact) mass is 1090 g/mol. The summed E-state index contributed by atoms with van der Waals surface area (Å²) >= 11 is 0. The number of nitrogens with one attached hydrogen (secondary N) is 1. The maximum atomic E-state index is 17.1. The highest BCUT2D eigenvalue weighted by Gasteiger charge is 2.50. The van der Waals surface area contributed by atoms with E-state index in [9.17, 15) is 33.1 Å². The Balaban J connectivity index is 0.664. The van der Waals surface area contributed by atoms with E-state index in [4.69, 9.17) is 15.9 Å². The van der Waals surface area contributed by atoms with Gasteiger partial charge in [0.05, 0.1) is 34.1 Å². The van der Waals surface area contributed by atoms with Gasteiger partial charge in [-0.15, -0.1) is 6.42 Å². The maximum absolute atomic E-state index is 17.1. The second-order valence-electron chi connectivity index (χ2n) is 22.6. The van der Waals surface area contributed by atoms with Crippen molar-refractivity contribution in [1.82, 2.24) is 44.1 Å². The number of carbonyl (C=O) groups is 3. The minimum atomic E-state index is -3.02. The number of benzene rings is 3. The molecule has 6 fully saturated rings. The fourth-order valence-corrected chi connectivity index (χ4v) is 13.6. The molecule has 1 unspecified atom stereocenters. The van der Waals surface area contributed by atoms with E-state index in [-0.39, 0.29) is 113 Å². The van der Waals surface area contributed by atoms with Crippen LogP contribution in [0.2, 0.25) is 0 Å². The fourth-order valence-electron chi connectivity index (χ4n) is 13.6. The minimum Gasteiger partial charge on any atom is -0.508 e. The van der Waals surface area contributed by atoms with E-state index in [0.29, 0.717) is 42.2 Å². The van der Waals surface area contributed by atoms with Gasteiger partial charge in [0.25, 0.3) is 5.92 Å². The van der Waals surface area contributed by atoms with Crippen LogP contribution in [-0.2, 0) is 21.4 Å². The third kappa shape index (κ3) is 9.78. The molecule has 0 spiro atoms. The van der Waals surface area contributed by atoms with Crippen molar-refractivity contribution >= 4 is 56.4 Å². The number of phenolic OH excluding ortho intramolecular Hbond substituents is 1. The normalized spacial score (nSPS) is 23.4. The highest BCUT2D eigenvalue weighted by molar-refractivity contribution is 6.03. The van der Waals surface area contributed by atoms with Gasteiger partial charge >= 0.3 is 17.8 Å². The summed E-state index contributed by atoms with van der Waals surface area (Å²) in [6.45, 7) is 4.71. The third-order valence-electron chi connectivity index (χ3n) is 17.8. The number of aryl methyl sites for hydroxylation is 1. The number of hydrogen-bond acceptors (Lipinski definition) is 13. The lowest BCUT2D eigenvalue weighted by Crippen LogP contribution is -2.48. The Morgan fingerprint density at radius 1 is 0.911 bits per heavy atom. The Morgan fingerprint density at radius 3 is 2.48 bits per heavy atom. The van der Waals surface area contributed by atoms with E-state index in [0.717, 1.165) is 89.1 Å². The van der Waals surface area contributed by atoms with Crippen LogP contribution in [0.3, 0.4) is 0 Å². The lowest BCUT2D eigenvalue weighted by molar-refractivity contribution is -0.135. The molecule has 79 heavy (non-hydrogen) atoms. The van der Waals surface area contributed by atoms with Crippen molar-refractivity contribution in [2.45, 2.75) is 107 Å². The predicted octanol–water partition coefficient (Wildman–Crippen LogP) is 7.78. The minimum absolute atomic E-state index is 0.0218. The zero-order valence-corrected chi connectivity index (χ0v) is 44.0. The van der Waals surface area contributed by atoms with Crippen molar-refractivity contribution in [3.63, 3.8) is 0 Å². The Kier molecular flexibility index (Phi) is 13.7. The van der Waals surface area contributed by atoms with Crippen LogP contribution in [0.4, 0.5) is 28.2 Å². The van der Waals surface area contributed by atoms with E-state index in [1.807, 2.05) is 6.07 Å². The molecule has 3 aromatic carbocycles. The first-order valence-corrected chi connectivity index (χ1v) is 27.6. The molecule has 3 amide bonds. The van der Waals surface area contributed by atoms with Crippen molar-refractivity contribution in [3.8, 4) is 35.4 Å². The molecule has 6 aromatic rings. The summed E-state index contributed by atoms with van der Waals surface area (Å²) < 4.78 is 77.6. The number of likely N-dealkylation sites (tertiary alicyclic amines) is 2. The standard InChI is InChI=1S/C58H62F4N10O7/c1-3-40-43(59)8-6-37-26-39(73)28-41(48(37)40)50-49(60)51-42(29-63-50)52(70-20-5-18-58(61,62)32-70)66-54(65-51)79-33-57-17-4-21-71(57)38(12-19-57)31-78-56(77)69-24-13-34(14-25-69)30-68-22-15-35(16-23-68)36-7-9-44-46(27-36)67(2)55(76)72(44)45-10-11-47(74)64-53(45)75/h1,6-9,26-29,34-35,38,45,73H,4-5,10-25,30-33H2,2H3,(H,64,74,75)/t38-,45?,57-/m0/s1. The number of amides is 3. The topological polar surface area (TPSA) is 180 Å². The SMILES string of the molecule is C#Cc1c(F)ccc2cc(O)cc(-c3ncc4c(N5CCCC(F)(F)C5)nc(OC[C@@]56CCCN5[C@H](COC(=O)N5CCC(CN7CCC(c8ccc9c(c8)n(C)c(=O)n9C8CCC(=O)NC8=O)CC7)CC5)CC6)nc4c3F)c12. The summed E-state index contributed by atoms with van der Waals surface area (Å²) in [7, 11) is 1.72. The Bertz CT molecular complexity index is 3530. The first-order valence-electron chi connectivity index (χ1n) is 27.6. The molecule has 17 nitrogen and oxygen atoms in total. The average Bonchev–Trinajstić information content (AvgIpc) is 4.32. The van der Waals surface area contributed by atoms with Crippen molar-refractivity contribution < 1.29 is 46.5 Å². The first-order chi connectivity index (χ1) is 38.1. The second-order valence-corrected chi connectivity index (χ2v) is 22.6. The van der Waals surface area contributed by atoms with Crippen LogP contribution in [0, 0.1) is 29.9 Å². The van der Waals surface area contributed by atoms with Gasteiger partial charge in [-0.3, -0.25) is 33.9 Å². The summed E-state index contributed by atoms with van der Waals surface area (Å²) in [6, 6.07) is 10.3. The largest absolute Gasteiger partial charge is 0.508 e. The van der Waals surface area contributed by atoms with Gasteiger partial charge in [-0.25, -0.2) is 27.2 Å². The Labute approximate surface area is 452 Å². The number of ether oxygens (including phenoxy) is 2. The number of hydrogen-bond donors (Lipinski definition) is 2. The van der Waals surface area contributed by atoms with E-state index in [1.165, 1.54) is 39.4 Å². The molecule has 3 aromatic heterocycles. The number of halogens is 4. The molecule has 2 N–H and O–H groups in total. The molecule has 0 bridgehead atoms. The number of terminal acetylenes is 1. The molecule has 6 aliphatic rings.